The van der Waals surface area contributed by atoms with Crippen molar-refractivity contribution in [3.05, 3.63) is 35.9 Å². The van der Waals surface area contributed by atoms with E-state index in [2.05, 4.69) is 34.4 Å². The third-order valence-corrected chi connectivity index (χ3v) is 5.36. The predicted octanol–water partition coefficient (Wildman–Crippen LogP) is 5.42. The summed E-state index contributed by atoms with van der Waals surface area (Å²) >= 11 is 4.40. The Morgan fingerprint density at radius 1 is 1.17 bits per heavy atom. The van der Waals surface area contributed by atoms with Gasteiger partial charge in [-0.2, -0.15) is 0 Å². The molecule has 6 nitrogen and oxygen atoms in total. The normalized spacial score (nSPS) is 11.2. The highest BCUT2D eigenvalue weighted by Crippen LogP contribution is 2.42. The lowest BCUT2D eigenvalue weighted by Crippen LogP contribution is -2.18. The van der Waals surface area contributed by atoms with Gasteiger partial charge in [0.2, 0.25) is 0 Å². The van der Waals surface area contributed by atoms with E-state index in [1.807, 2.05) is 39.1 Å². The summed E-state index contributed by atoms with van der Waals surface area (Å²) in [5.74, 6) is 0.937. The van der Waals surface area contributed by atoms with E-state index < -0.39 is 0 Å². The first-order valence-corrected chi connectivity index (χ1v) is 10.5. The zero-order chi connectivity index (χ0) is 22.0. The number of phenolic OH excluding ortho intramolecular Hbond substituents is 2. The van der Waals surface area contributed by atoms with Gasteiger partial charge < -0.3 is 24.8 Å². The molecule has 1 aromatic heterocycles. The van der Waals surface area contributed by atoms with Gasteiger partial charge in [0, 0.05) is 30.8 Å². The summed E-state index contributed by atoms with van der Waals surface area (Å²) in [6.07, 6.45) is 1.01. The van der Waals surface area contributed by atoms with Crippen LogP contribution in [0.1, 0.15) is 38.7 Å². The van der Waals surface area contributed by atoms with E-state index in [-0.39, 0.29) is 17.4 Å². The van der Waals surface area contributed by atoms with Crippen molar-refractivity contribution >= 4 is 18.3 Å². The summed E-state index contributed by atoms with van der Waals surface area (Å²) in [5.41, 5.74) is 4.47. The van der Waals surface area contributed by atoms with Crippen LogP contribution >= 0.6 is 12.6 Å². The van der Waals surface area contributed by atoms with Gasteiger partial charge in [-0.05, 0) is 42.2 Å². The number of H-pyrrole nitrogens is 1. The lowest BCUT2D eigenvalue weighted by molar-refractivity contribution is 0.415. The fraction of sp³-hybridized carbons (Fsp3) is 0.348. The van der Waals surface area contributed by atoms with Gasteiger partial charge in [0.1, 0.15) is 17.2 Å². The highest BCUT2D eigenvalue weighted by atomic mass is 32.1. The molecule has 0 fully saturated rings. The molecule has 3 N–H and O–H groups in total. The van der Waals surface area contributed by atoms with Gasteiger partial charge >= 0.3 is 0 Å². The van der Waals surface area contributed by atoms with Gasteiger partial charge in [-0.1, -0.05) is 20.8 Å². The van der Waals surface area contributed by atoms with Gasteiger partial charge in [-0.3, -0.25) is 0 Å². The SMILES string of the molecule is CCCN(C)c1cc(-c2nc(S)[nH]c2-c2cc(C(C)C)c(O)cc2O)ccc1OC. The number of ether oxygens (including phenoxy) is 1. The number of imidazole rings is 1. The summed E-state index contributed by atoms with van der Waals surface area (Å²) in [5, 5.41) is 21.2. The van der Waals surface area contributed by atoms with E-state index in [0.29, 0.717) is 22.1 Å². The fourth-order valence-electron chi connectivity index (χ4n) is 3.61. The number of aromatic amines is 1. The molecular formula is C23H29N3O3S. The minimum absolute atomic E-state index is 0.0213. The van der Waals surface area contributed by atoms with Crippen molar-refractivity contribution in [1.29, 1.82) is 0 Å². The molecule has 7 heteroatoms. The zero-order valence-corrected chi connectivity index (χ0v) is 18.9. The number of thiol groups is 1. The van der Waals surface area contributed by atoms with Crippen LogP contribution in [0, 0.1) is 0 Å². The molecule has 0 saturated heterocycles. The molecule has 0 spiro atoms. The summed E-state index contributed by atoms with van der Waals surface area (Å²) in [6, 6.07) is 9.07. The molecule has 0 saturated carbocycles. The van der Waals surface area contributed by atoms with Crippen molar-refractivity contribution in [2.45, 2.75) is 38.3 Å². The van der Waals surface area contributed by atoms with Crippen LogP contribution in [0.15, 0.2) is 35.5 Å². The molecule has 1 heterocycles. The minimum atomic E-state index is -0.0213. The first kappa shape index (κ1) is 21.9. The number of anilines is 1. The minimum Gasteiger partial charge on any atom is -0.508 e. The summed E-state index contributed by atoms with van der Waals surface area (Å²) in [4.78, 5) is 9.87. The molecule has 0 aliphatic carbocycles. The molecule has 160 valence electrons. The number of methoxy groups -OCH3 is 1. The molecule has 0 unspecified atom stereocenters. The van der Waals surface area contributed by atoms with Crippen LogP contribution < -0.4 is 9.64 Å². The number of nitrogens with one attached hydrogen (secondary N) is 1. The molecule has 0 atom stereocenters. The van der Waals surface area contributed by atoms with E-state index >= 15 is 0 Å². The Balaban J connectivity index is 2.18. The van der Waals surface area contributed by atoms with E-state index in [4.69, 9.17) is 4.74 Å². The molecule has 0 aliphatic heterocycles. The van der Waals surface area contributed by atoms with Crippen molar-refractivity contribution < 1.29 is 14.9 Å². The Kier molecular flexibility index (Phi) is 6.51. The van der Waals surface area contributed by atoms with Gasteiger partial charge in [-0.15, -0.1) is 12.6 Å². The van der Waals surface area contributed by atoms with Crippen LogP contribution in [0.2, 0.25) is 0 Å². The molecule has 0 radical (unpaired) electrons. The molecule has 3 rings (SSSR count). The Labute approximate surface area is 183 Å². The summed E-state index contributed by atoms with van der Waals surface area (Å²) < 4.78 is 5.55. The van der Waals surface area contributed by atoms with Crippen molar-refractivity contribution in [1.82, 2.24) is 9.97 Å². The number of hydrogen-bond acceptors (Lipinski definition) is 6. The number of rotatable bonds is 7. The van der Waals surface area contributed by atoms with Gasteiger partial charge in [0.05, 0.1) is 24.2 Å². The van der Waals surface area contributed by atoms with Crippen molar-refractivity contribution in [3.63, 3.8) is 0 Å². The van der Waals surface area contributed by atoms with Gasteiger partial charge in [0.25, 0.3) is 0 Å². The number of phenols is 2. The summed E-state index contributed by atoms with van der Waals surface area (Å²) in [6.45, 7) is 7.01. The van der Waals surface area contributed by atoms with Gasteiger partial charge in [-0.25, -0.2) is 4.98 Å². The van der Waals surface area contributed by atoms with E-state index in [0.717, 1.165) is 35.5 Å². The average Bonchev–Trinajstić information content (AvgIpc) is 3.08. The number of benzene rings is 2. The van der Waals surface area contributed by atoms with Crippen molar-refractivity contribution in [2.75, 3.05) is 25.6 Å². The van der Waals surface area contributed by atoms with E-state index in [1.165, 1.54) is 6.07 Å². The molecule has 30 heavy (non-hydrogen) atoms. The average molecular weight is 428 g/mol. The maximum Gasteiger partial charge on any atom is 0.163 e. The molecule has 0 aliphatic rings. The summed E-state index contributed by atoms with van der Waals surface area (Å²) in [7, 11) is 3.69. The van der Waals surface area contributed by atoms with Crippen LogP contribution in [0.5, 0.6) is 17.2 Å². The van der Waals surface area contributed by atoms with Crippen LogP contribution in [0.3, 0.4) is 0 Å². The molecule has 2 aromatic carbocycles. The van der Waals surface area contributed by atoms with Crippen LogP contribution in [0.25, 0.3) is 22.5 Å². The topological polar surface area (TPSA) is 81.6 Å². The smallest absolute Gasteiger partial charge is 0.163 e. The van der Waals surface area contributed by atoms with Crippen LogP contribution in [-0.4, -0.2) is 40.9 Å². The Morgan fingerprint density at radius 2 is 1.90 bits per heavy atom. The third-order valence-electron chi connectivity index (χ3n) is 5.15. The first-order chi connectivity index (χ1) is 14.3. The van der Waals surface area contributed by atoms with E-state index in [1.54, 1.807) is 13.2 Å². The number of nitrogens with zero attached hydrogens (tertiary/aromatic N) is 2. The standard InChI is InChI=1S/C23H29N3O3S/c1-6-9-26(4)17-10-14(7-8-20(17)29-5)21-22(25-23(30)24-21)16-11-15(13(2)3)18(27)12-19(16)28/h7-8,10-13,27-28H,6,9H2,1-5H3,(H2,24,25,30). The maximum absolute atomic E-state index is 10.6. The lowest BCUT2D eigenvalue weighted by atomic mass is 9.96. The van der Waals surface area contributed by atoms with Crippen molar-refractivity contribution in [3.8, 4) is 39.8 Å². The molecular weight excluding hydrogens is 398 g/mol. The second kappa shape index (κ2) is 8.92. The number of aromatic hydroxyl groups is 2. The fourth-order valence-corrected chi connectivity index (χ4v) is 3.82. The first-order valence-electron chi connectivity index (χ1n) is 10.0. The highest BCUT2D eigenvalue weighted by Gasteiger charge is 2.20. The van der Waals surface area contributed by atoms with Gasteiger partial charge in [0.15, 0.2) is 5.16 Å². The second-order valence-electron chi connectivity index (χ2n) is 7.68. The second-order valence-corrected chi connectivity index (χ2v) is 8.10. The molecule has 0 bridgehead atoms. The quantitative estimate of drug-likeness (QED) is 0.379. The third kappa shape index (κ3) is 4.21. The number of hydrogen-bond donors (Lipinski definition) is 4. The monoisotopic (exact) mass is 427 g/mol. The lowest BCUT2D eigenvalue weighted by Gasteiger charge is -2.22. The highest BCUT2D eigenvalue weighted by molar-refractivity contribution is 7.80. The zero-order valence-electron chi connectivity index (χ0n) is 18.0. The predicted molar refractivity (Wildman–Crippen MR) is 124 cm³/mol. The maximum atomic E-state index is 10.6. The van der Waals surface area contributed by atoms with Crippen LogP contribution in [-0.2, 0) is 0 Å². The number of aromatic nitrogens is 2. The Morgan fingerprint density at radius 3 is 2.53 bits per heavy atom. The molecule has 3 aromatic rings. The Bertz CT molecular complexity index is 1050. The van der Waals surface area contributed by atoms with Crippen LogP contribution in [0.4, 0.5) is 5.69 Å². The van der Waals surface area contributed by atoms with E-state index in [9.17, 15) is 10.2 Å². The van der Waals surface area contributed by atoms with Crippen molar-refractivity contribution in [2.24, 2.45) is 0 Å². The largest absolute Gasteiger partial charge is 0.508 e. The Hall–Kier alpha value is -2.80. The molecule has 0 amide bonds.